The molecule has 0 aliphatic carbocycles. The number of carbonyl (C=O) groups excluding carboxylic acids is 2. The van der Waals surface area contributed by atoms with E-state index in [9.17, 15) is 9.59 Å². The minimum atomic E-state index is -0.634. The van der Waals surface area contributed by atoms with Gasteiger partial charge in [0.05, 0.1) is 25.3 Å². The summed E-state index contributed by atoms with van der Waals surface area (Å²) in [5.41, 5.74) is 1.63. The Morgan fingerprint density at radius 1 is 1.43 bits per heavy atom. The van der Waals surface area contributed by atoms with E-state index in [1.54, 1.807) is 20.0 Å². The van der Waals surface area contributed by atoms with Gasteiger partial charge < -0.3 is 19.7 Å². The predicted molar refractivity (Wildman–Crippen MR) is 89.1 cm³/mol. The van der Waals surface area contributed by atoms with E-state index in [2.05, 4.69) is 21.2 Å². The number of nitrogens with one attached hydrogen (secondary N) is 1. The monoisotopic (exact) mass is 382 g/mol. The van der Waals surface area contributed by atoms with E-state index in [0.717, 1.165) is 4.47 Å². The van der Waals surface area contributed by atoms with Crippen molar-refractivity contribution in [2.24, 2.45) is 0 Å². The van der Waals surface area contributed by atoms with E-state index < -0.39 is 12.0 Å². The van der Waals surface area contributed by atoms with Crippen LogP contribution in [0.4, 0.5) is 4.79 Å². The summed E-state index contributed by atoms with van der Waals surface area (Å²) in [6, 6.07) is 4.56. The van der Waals surface area contributed by atoms with Crippen molar-refractivity contribution < 1.29 is 19.1 Å². The molecular weight excluding hydrogens is 364 g/mol. The first-order valence-corrected chi connectivity index (χ1v) is 7.95. The van der Waals surface area contributed by atoms with E-state index in [1.807, 2.05) is 19.1 Å². The molecule has 23 heavy (non-hydrogen) atoms. The molecule has 0 saturated carbocycles. The molecule has 1 heterocycles. The van der Waals surface area contributed by atoms with Crippen LogP contribution in [0.5, 0.6) is 5.75 Å². The lowest BCUT2D eigenvalue weighted by Gasteiger charge is -2.33. The van der Waals surface area contributed by atoms with Crippen molar-refractivity contribution >= 4 is 27.9 Å². The van der Waals surface area contributed by atoms with Crippen molar-refractivity contribution in [3.8, 4) is 5.75 Å². The molecule has 0 fully saturated rings. The third-order valence-corrected chi connectivity index (χ3v) is 4.24. The lowest BCUT2D eigenvalue weighted by molar-refractivity contribution is -0.136. The van der Waals surface area contributed by atoms with E-state index in [-0.39, 0.29) is 6.03 Å². The van der Waals surface area contributed by atoms with E-state index in [0.29, 0.717) is 29.2 Å². The molecule has 1 unspecified atom stereocenters. The fourth-order valence-corrected chi connectivity index (χ4v) is 2.85. The lowest BCUT2D eigenvalue weighted by Crippen LogP contribution is -2.46. The number of urea groups is 1. The average Bonchev–Trinajstić information content (AvgIpc) is 2.53. The number of hydrogen-bond donors (Lipinski definition) is 1. The van der Waals surface area contributed by atoms with Gasteiger partial charge in [0, 0.05) is 22.8 Å². The predicted octanol–water partition coefficient (Wildman–Crippen LogP) is 2.99. The number of halogens is 1. The zero-order valence-electron chi connectivity index (χ0n) is 13.5. The summed E-state index contributed by atoms with van der Waals surface area (Å²) in [7, 11) is 2.93. The summed E-state index contributed by atoms with van der Waals surface area (Å²) >= 11 is 3.42. The maximum atomic E-state index is 12.3. The summed E-state index contributed by atoms with van der Waals surface area (Å²) in [6.45, 7) is 4.07. The highest BCUT2D eigenvalue weighted by molar-refractivity contribution is 9.10. The molecule has 1 aliphatic rings. The summed E-state index contributed by atoms with van der Waals surface area (Å²) in [5.74, 6) is 0.126. The third kappa shape index (κ3) is 3.34. The van der Waals surface area contributed by atoms with Gasteiger partial charge >= 0.3 is 12.0 Å². The number of carbonyl (C=O) groups is 2. The molecule has 0 aromatic heterocycles. The Bertz CT molecular complexity index is 672. The average molecular weight is 383 g/mol. The normalized spacial score (nSPS) is 17.9. The Hall–Kier alpha value is -2.02. The van der Waals surface area contributed by atoms with E-state index in [4.69, 9.17) is 9.47 Å². The smallest absolute Gasteiger partial charge is 0.337 e. The van der Waals surface area contributed by atoms with Gasteiger partial charge in [-0.2, -0.15) is 0 Å². The van der Waals surface area contributed by atoms with Crippen molar-refractivity contribution in [1.29, 1.82) is 0 Å². The van der Waals surface area contributed by atoms with Crippen LogP contribution in [0, 0.1) is 0 Å². The Morgan fingerprint density at radius 2 is 2.13 bits per heavy atom. The molecular formula is C16H19BrN2O4. The second-order valence-corrected chi connectivity index (χ2v) is 5.96. The van der Waals surface area contributed by atoms with Gasteiger partial charge in [0.1, 0.15) is 5.75 Å². The number of amides is 2. The fourth-order valence-electron chi connectivity index (χ4n) is 2.47. The van der Waals surface area contributed by atoms with Crippen molar-refractivity contribution in [3.63, 3.8) is 0 Å². The number of hydrogen-bond acceptors (Lipinski definition) is 4. The van der Waals surface area contributed by atoms with Gasteiger partial charge in [0.15, 0.2) is 0 Å². The van der Waals surface area contributed by atoms with Gasteiger partial charge in [0.25, 0.3) is 0 Å². The zero-order valence-corrected chi connectivity index (χ0v) is 15.1. The Kier molecular flexibility index (Phi) is 5.30. The van der Waals surface area contributed by atoms with Crippen LogP contribution in [0.1, 0.15) is 25.5 Å². The van der Waals surface area contributed by atoms with Crippen LogP contribution in [-0.4, -0.2) is 37.7 Å². The van der Waals surface area contributed by atoms with Crippen LogP contribution in [-0.2, 0) is 9.53 Å². The van der Waals surface area contributed by atoms with Crippen LogP contribution in [0.2, 0.25) is 0 Å². The summed E-state index contributed by atoms with van der Waals surface area (Å²) in [5, 5.41) is 2.83. The number of allylic oxidation sites excluding steroid dienone is 1. The van der Waals surface area contributed by atoms with Gasteiger partial charge in [-0.1, -0.05) is 15.9 Å². The van der Waals surface area contributed by atoms with Crippen molar-refractivity contribution in [1.82, 2.24) is 10.2 Å². The summed E-state index contributed by atoms with van der Waals surface area (Å²) < 4.78 is 11.4. The van der Waals surface area contributed by atoms with Crippen LogP contribution in [0.25, 0.3) is 0 Å². The zero-order chi connectivity index (χ0) is 17.1. The molecule has 1 atom stereocenters. The van der Waals surface area contributed by atoms with Crippen LogP contribution >= 0.6 is 15.9 Å². The highest BCUT2D eigenvalue weighted by atomic mass is 79.9. The molecule has 7 heteroatoms. The number of rotatable bonds is 4. The maximum absolute atomic E-state index is 12.3. The minimum absolute atomic E-state index is 0.289. The molecule has 1 aliphatic heterocycles. The fraction of sp³-hybridized carbons (Fsp3) is 0.375. The first kappa shape index (κ1) is 17.3. The number of benzene rings is 1. The van der Waals surface area contributed by atoms with Gasteiger partial charge in [-0.05, 0) is 32.0 Å². The SMILES string of the molecule is CCOc1ccc(Br)cc1C1NC(=O)N(C)C(C)=C1C(=O)OC. The van der Waals surface area contributed by atoms with Crippen molar-refractivity contribution in [2.45, 2.75) is 19.9 Å². The van der Waals surface area contributed by atoms with Gasteiger partial charge in [-0.3, -0.25) is 0 Å². The first-order valence-electron chi connectivity index (χ1n) is 7.16. The molecule has 0 bridgehead atoms. The lowest BCUT2D eigenvalue weighted by atomic mass is 9.94. The molecule has 6 nitrogen and oxygen atoms in total. The van der Waals surface area contributed by atoms with Crippen LogP contribution < -0.4 is 10.1 Å². The third-order valence-electron chi connectivity index (χ3n) is 3.74. The Labute approximate surface area is 143 Å². The van der Waals surface area contributed by atoms with Gasteiger partial charge in [-0.15, -0.1) is 0 Å². The second-order valence-electron chi connectivity index (χ2n) is 5.05. The standard InChI is InChI=1S/C16H19BrN2O4/c1-5-23-12-7-6-10(17)8-11(12)14-13(15(20)22-4)9(2)19(3)16(21)18-14/h6-8,14H,5H2,1-4H3,(H,18,21). The molecule has 1 aromatic carbocycles. The number of nitrogens with zero attached hydrogens (tertiary/aromatic N) is 1. The molecule has 124 valence electrons. The summed E-state index contributed by atoms with van der Waals surface area (Å²) in [6.07, 6.45) is 0. The maximum Gasteiger partial charge on any atom is 0.337 e. The second kappa shape index (κ2) is 7.04. The van der Waals surface area contributed by atoms with Crippen LogP contribution in [0.15, 0.2) is 33.9 Å². The number of esters is 1. The van der Waals surface area contributed by atoms with Gasteiger partial charge in [0.2, 0.25) is 0 Å². The summed E-state index contributed by atoms with van der Waals surface area (Å²) in [4.78, 5) is 25.8. The minimum Gasteiger partial charge on any atom is -0.494 e. The van der Waals surface area contributed by atoms with E-state index in [1.165, 1.54) is 12.0 Å². The highest BCUT2D eigenvalue weighted by Crippen LogP contribution is 2.36. The Balaban J connectivity index is 2.62. The molecule has 0 saturated heterocycles. The molecule has 2 amide bonds. The topological polar surface area (TPSA) is 67.9 Å². The molecule has 1 aromatic rings. The highest BCUT2D eigenvalue weighted by Gasteiger charge is 2.36. The molecule has 0 spiro atoms. The Morgan fingerprint density at radius 3 is 2.74 bits per heavy atom. The first-order chi connectivity index (χ1) is 10.9. The quantitative estimate of drug-likeness (QED) is 0.812. The van der Waals surface area contributed by atoms with Gasteiger partial charge in [-0.25, -0.2) is 9.59 Å². The number of methoxy groups -OCH3 is 1. The van der Waals surface area contributed by atoms with E-state index >= 15 is 0 Å². The van der Waals surface area contributed by atoms with Crippen molar-refractivity contribution in [2.75, 3.05) is 20.8 Å². The van der Waals surface area contributed by atoms with Crippen molar-refractivity contribution in [3.05, 3.63) is 39.5 Å². The van der Waals surface area contributed by atoms with Crippen LogP contribution in [0.3, 0.4) is 0 Å². The largest absolute Gasteiger partial charge is 0.494 e. The number of ether oxygens (including phenoxy) is 2. The molecule has 0 radical (unpaired) electrons. The molecule has 1 N–H and O–H groups in total. The molecule has 2 rings (SSSR count).